The van der Waals surface area contributed by atoms with Crippen LogP contribution in [0.15, 0.2) is 42.5 Å². The van der Waals surface area contributed by atoms with Crippen molar-refractivity contribution in [3.63, 3.8) is 0 Å². The molecule has 0 spiro atoms. The molecule has 1 aliphatic rings. The van der Waals surface area contributed by atoms with E-state index in [1.165, 1.54) is 0 Å². The van der Waals surface area contributed by atoms with E-state index in [1.807, 2.05) is 36.1 Å². The second-order valence-corrected chi connectivity index (χ2v) is 6.85. The van der Waals surface area contributed by atoms with Gasteiger partial charge >= 0.3 is 0 Å². The minimum absolute atomic E-state index is 0.0462. The highest BCUT2D eigenvalue weighted by Crippen LogP contribution is 2.20. The third-order valence-electron chi connectivity index (χ3n) is 4.41. The lowest BCUT2D eigenvalue weighted by Crippen LogP contribution is -2.27. The second kappa shape index (κ2) is 8.23. The molecule has 2 N–H and O–H groups in total. The van der Waals surface area contributed by atoms with Crippen molar-refractivity contribution in [3.8, 4) is 0 Å². The Labute approximate surface area is 158 Å². The van der Waals surface area contributed by atoms with Gasteiger partial charge in [-0.1, -0.05) is 23.7 Å². The van der Waals surface area contributed by atoms with Crippen molar-refractivity contribution in [2.75, 3.05) is 30.3 Å². The van der Waals surface area contributed by atoms with Crippen molar-refractivity contribution in [1.29, 1.82) is 0 Å². The SMILES string of the molecule is Cc1ccc(NC(=O)CNc2cccc(C(=O)N3CCCC3)c2)cc1Cl. The number of benzene rings is 2. The molecule has 136 valence electrons. The van der Waals surface area contributed by atoms with Gasteiger partial charge in [-0.2, -0.15) is 0 Å². The molecule has 0 aromatic heterocycles. The number of anilines is 2. The number of aryl methyl sites for hydroxylation is 1. The van der Waals surface area contributed by atoms with E-state index in [1.54, 1.807) is 18.2 Å². The summed E-state index contributed by atoms with van der Waals surface area (Å²) in [4.78, 5) is 26.4. The molecule has 1 fully saturated rings. The van der Waals surface area contributed by atoms with Crippen LogP contribution in [0.1, 0.15) is 28.8 Å². The van der Waals surface area contributed by atoms with E-state index in [-0.39, 0.29) is 18.4 Å². The van der Waals surface area contributed by atoms with Crippen LogP contribution in [-0.4, -0.2) is 36.3 Å². The average molecular weight is 372 g/mol. The molecular formula is C20H22ClN3O2. The van der Waals surface area contributed by atoms with Gasteiger partial charge in [0.1, 0.15) is 0 Å². The monoisotopic (exact) mass is 371 g/mol. The van der Waals surface area contributed by atoms with Gasteiger partial charge in [0.15, 0.2) is 0 Å². The van der Waals surface area contributed by atoms with Crippen LogP contribution in [0.25, 0.3) is 0 Å². The summed E-state index contributed by atoms with van der Waals surface area (Å²) in [5, 5.41) is 6.48. The van der Waals surface area contributed by atoms with Gasteiger partial charge in [0.05, 0.1) is 6.54 Å². The van der Waals surface area contributed by atoms with E-state index in [0.717, 1.165) is 37.2 Å². The Morgan fingerprint density at radius 3 is 2.58 bits per heavy atom. The van der Waals surface area contributed by atoms with Crippen LogP contribution in [0.2, 0.25) is 5.02 Å². The summed E-state index contributed by atoms with van der Waals surface area (Å²) in [5.74, 6) is -0.133. The average Bonchev–Trinajstić information content (AvgIpc) is 3.17. The number of hydrogen-bond acceptors (Lipinski definition) is 3. The molecule has 3 rings (SSSR count). The van der Waals surface area contributed by atoms with Crippen molar-refractivity contribution in [2.24, 2.45) is 0 Å². The zero-order valence-electron chi connectivity index (χ0n) is 14.7. The Kier molecular flexibility index (Phi) is 5.78. The second-order valence-electron chi connectivity index (χ2n) is 6.45. The van der Waals surface area contributed by atoms with Gasteiger partial charge in [-0.3, -0.25) is 9.59 Å². The molecule has 1 saturated heterocycles. The van der Waals surface area contributed by atoms with Crippen molar-refractivity contribution in [3.05, 3.63) is 58.6 Å². The number of nitrogens with one attached hydrogen (secondary N) is 2. The molecule has 0 radical (unpaired) electrons. The van der Waals surface area contributed by atoms with E-state index in [9.17, 15) is 9.59 Å². The molecule has 26 heavy (non-hydrogen) atoms. The first-order valence-corrected chi connectivity index (χ1v) is 9.10. The van der Waals surface area contributed by atoms with Gasteiger partial charge in [-0.15, -0.1) is 0 Å². The third kappa shape index (κ3) is 4.55. The van der Waals surface area contributed by atoms with Gasteiger partial charge in [-0.25, -0.2) is 0 Å². The zero-order valence-corrected chi connectivity index (χ0v) is 15.5. The highest BCUT2D eigenvalue weighted by atomic mass is 35.5. The van der Waals surface area contributed by atoms with Crippen LogP contribution in [0.3, 0.4) is 0 Å². The van der Waals surface area contributed by atoms with E-state index < -0.39 is 0 Å². The predicted molar refractivity (Wildman–Crippen MR) is 105 cm³/mol. The first kappa shape index (κ1) is 18.3. The largest absolute Gasteiger partial charge is 0.376 e. The quantitative estimate of drug-likeness (QED) is 0.837. The van der Waals surface area contributed by atoms with Crippen LogP contribution < -0.4 is 10.6 Å². The lowest BCUT2D eigenvalue weighted by Gasteiger charge is -2.16. The first-order valence-electron chi connectivity index (χ1n) is 8.72. The number of carbonyl (C=O) groups excluding carboxylic acids is 2. The molecule has 1 aliphatic heterocycles. The predicted octanol–water partition coefficient (Wildman–Crippen LogP) is 3.94. The normalized spacial score (nSPS) is 13.5. The van der Waals surface area contributed by atoms with Crippen LogP contribution in [0.5, 0.6) is 0 Å². The molecule has 5 nitrogen and oxygen atoms in total. The Morgan fingerprint density at radius 1 is 1.08 bits per heavy atom. The summed E-state index contributed by atoms with van der Waals surface area (Å²) >= 11 is 6.07. The fourth-order valence-corrected chi connectivity index (χ4v) is 3.10. The van der Waals surface area contributed by atoms with Crippen molar-refractivity contribution in [2.45, 2.75) is 19.8 Å². The maximum atomic E-state index is 12.4. The summed E-state index contributed by atoms with van der Waals surface area (Å²) in [6.07, 6.45) is 2.12. The molecule has 0 unspecified atom stereocenters. The van der Waals surface area contributed by atoms with E-state index >= 15 is 0 Å². The number of likely N-dealkylation sites (tertiary alicyclic amines) is 1. The standard InChI is InChI=1S/C20H22ClN3O2/c1-14-7-8-17(12-18(14)21)23-19(25)13-22-16-6-4-5-15(11-16)20(26)24-9-2-3-10-24/h4-8,11-12,22H,2-3,9-10,13H2,1H3,(H,23,25). The molecule has 2 amide bonds. The highest BCUT2D eigenvalue weighted by molar-refractivity contribution is 6.31. The molecule has 0 atom stereocenters. The van der Waals surface area contributed by atoms with Gasteiger partial charge in [-0.05, 0) is 55.7 Å². The fourth-order valence-electron chi connectivity index (χ4n) is 2.92. The Hall–Kier alpha value is -2.53. The van der Waals surface area contributed by atoms with Gasteiger partial charge < -0.3 is 15.5 Å². The molecule has 2 aromatic carbocycles. The van der Waals surface area contributed by atoms with Gasteiger partial charge in [0.2, 0.25) is 5.91 Å². The van der Waals surface area contributed by atoms with Crippen LogP contribution in [0, 0.1) is 6.92 Å². The highest BCUT2D eigenvalue weighted by Gasteiger charge is 2.19. The van der Waals surface area contributed by atoms with Crippen LogP contribution in [0.4, 0.5) is 11.4 Å². The van der Waals surface area contributed by atoms with Gasteiger partial charge in [0.25, 0.3) is 5.91 Å². The number of hydrogen-bond donors (Lipinski definition) is 2. The van der Waals surface area contributed by atoms with Crippen LogP contribution >= 0.6 is 11.6 Å². The number of nitrogens with zero attached hydrogens (tertiary/aromatic N) is 1. The molecular weight excluding hydrogens is 350 g/mol. The number of amides is 2. The van der Waals surface area contributed by atoms with Gasteiger partial charge in [0, 0.05) is 35.1 Å². The minimum atomic E-state index is -0.179. The summed E-state index contributed by atoms with van der Waals surface area (Å²) in [5.41, 5.74) is 3.00. The minimum Gasteiger partial charge on any atom is -0.376 e. The van der Waals surface area contributed by atoms with E-state index in [4.69, 9.17) is 11.6 Å². The maximum absolute atomic E-state index is 12.4. The lowest BCUT2D eigenvalue weighted by atomic mass is 10.1. The Bertz CT molecular complexity index is 816. The summed E-state index contributed by atoms with van der Waals surface area (Å²) in [6.45, 7) is 3.65. The molecule has 0 saturated carbocycles. The van der Waals surface area contributed by atoms with Crippen molar-refractivity contribution < 1.29 is 9.59 Å². The van der Waals surface area contributed by atoms with Crippen LogP contribution in [-0.2, 0) is 4.79 Å². The molecule has 0 aliphatic carbocycles. The smallest absolute Gasteiger partial charge is 0.253 e. The fraction of sp³-hybridized carbons (Fsp3) is 0.300. The van der Waals surface area contributed by atoms with E-state index in [0.29, 0.717) is 16.3 Å². The Balaban J connectivity index is 1.57. The topological polar surface area (TPSA) is 61.4 Å². The zero-order chi connectivity index (χ0) is 18.5. The van der Waals surface area contributed by atoms with Crippen molar-refractivity contribution in [1.82, 2.24) is 4.90 Å². The summed E-state index contributed by atoms with van der Waals surface area (Å²) in [7, 11) is 0. The Morgan fingerprint density at radius 2 is 1.85 bits per heavy atom. The number of rotatable bonds is 5. The molecule has 2 aromatic rings. The van der Waals surface area contributed by atoms with Crippen molar-refractivity contribution >= 4 is 34.8 Å². The lowest BCUT2D eigenvalue weighted by molar-refractivity contribution is -0.114. The molecule has 1 heterocycles. The molecule has 6 heteroatoms. The number of halogens is 1. The van der Waals surface area contributed by atoms with E-state index in [2.05, 4.69) is 10.6 Å². The third-order valence-corrected chi connectivity index (χ3v) is 4.82. The summed E-state index contributed by atoms with van der Waals surface area (Å²) in [6, 6.07) is 12.7. The summed E-state index contributed by atoms with van der Waals surface area (Å²) < 4.78 is 0. The maximum Gasteiger partial charge on any atom is 0.253 e. The number of carbonyl (C=O) groups is 2. The molecule has 0 bridgehead atoms. The first-order chi connectivity index (χ1) is 12.5.